The monoisotopic (exact) mass is 374 g/mol. The van der Waals surface area contributed by atoms with Gasteiger partial charge in [-0.3, -0.25) is 0 Å². The van der Waals surface area contributed by atoms with E-state index >= 15 is 0 Å². The van der Waals surface area contributed by atoms with Gasteiger partial charge in [-0.2, -0.15) is 0 Å². The molecule has 0 saturated heterocycles. The smallest absolute Gasteiger partial charge is 0.115 e. The van der Waals surface area contributed by atoms with Crippen molar-refractivity contribution >= 4 is 46.1 Å². The van der Waals surface area contributed by atoms with Gasteiger partial charge in [-0.1, -0.05) is 28.4 Å². The average Bonchev–Trinajstić information content (AvgIpc) is 2.08. The van der Waals surface area contributed by atoms with Crippen LogP contribution in [0, 0.1) is 11.2 Å². The highest BCUT2D eigenvalue weighted by molar-refractivity contribution is 14.2. The van der Waals surface area contributed by atoms with Crippen molar-refractivity contribution in [3.05, 3.63) is 11.1 Å². The third kappa shape index (κ3) is 10.7. The molecule has 1 atom stereocenters. The molecule has 0 radical (unpaired) electrons. The van der Waals surface area contributed by atoms with Crippen LogP contribution in [0.1, 0.15) is 25.7 Å². The Balaban J connectivity index is 3.37. The molecule has 0 spiro atoms. The average molecular weight is 375 g/mol. The largest absolute Gasteiger partial charge is 0.380 e. The first kappa shape index (κ1) is 13.8. The summed E-state index contributed by atoms with van der Waals surface area (Å²) < 4.78 is 1.02. The second kappa shape index (κ2) is 9.38. The maximum absolute atomic E-state index is 9.32. The molecule has 13 heavy (non-hydrogen) atoms. The number of aliphatic hydroxyl groups excluding tert-OH is 1. The maximum Gasteiger partial charge on any atom is 0.115 e. The molecule has 1 unspecified atom stereocenters. The van der Waals surface area contributed by atoms with Crippen molar-refractivity contribution in [3.8, 4) is 11.2 Å². The van der Waals surface area contributed by atoms with Crippen LogP contribution in [-0.4, -0.2) is 11.2 Å². The van der Waals surface area contributed by atoms with Crippen molar-refractivity contribution in [2.24, 2.45) is 0 Å². The van der Waals surface area contributed by atoms with Gasteiger partial charge in [0, 0.05) is 21.2 Å². The molecule has 0 saturated carbocycles. The number of rotatable bonds is 5. The quantitative estimate of drug-likeness (QED) is 0.448. The van der Waals surface area contributed by atoms with Gasteiger partial charge in [-0.25, -0.2) is 0 Å². The third-order valence-electron chi connectivity index (χ3n) is 1.44. The van der Waals surface area contributed by atoms with E-state index in [9.17, 15) is 5.11 Å². The van der Waals surface area contributed by atoms with Crippen LogP contribution < -0.4 is 0 Å². The molecule has 1 nitrogen and oxygen atoms in total. The van der Waals surface area contributed by atoms with Crippen LogP contribution in [0.3, 0.4) is 0 Å². The molecule has 0 aliphatic heterocycles. The summed E-state index contributed by atoms with van der Waals surface area (Å²) in [5.74, 6) is 2.75. The molecule has 0 aromatic rings. The number of hydrogen-bond donors (Lipinski definition) is 1. The second-order valence-electron chi connectivity index (χ2n) is 2.60. The van der Waals surface area contributed by atoms with E-state index in [1.165, 1.54) is 8.93 Å². The molecule has 0 fully saturated rings. The summed E-state index contributed by atoms with van der Waals surface area (Å²) in [5.41, 5.74) is 0. The number of allylic oxidation sites excluding steroid dienone is 1. The van der Waals surface area contributed by atoms with Gasteiger partial charge in [0.1, 0.15) is 6.10 Å². The lowest BCUT2D eigenvalue weighted by Gasteiger charge is -2.01. The van der Waals surface area contributed by atoms with Gasteiger partial charge in [-0.15, -0.1) is 0 Å². The zero-order valence-electron chi connectivity index (χ0n) is 7.22. The molecule has 1 N–H and O–H groups in total. The molecule has 0 aromatic heterocycles. The Morgan fingerprint density at radius 2 is 2.31 bits per heavy atom. The van der Waals surface area contributed by atoms with Gasteiger partial charge >= 0.3 is 0 Å². The zero-order chi connectivity index (χ0) is 10.1. The van der Waals surface area contributed by atoms with Crippen LogP contribution in [0.5, 0.6) is 0 Å². The number of hydrogen-bond acceptors (Lipinski definition) is 2. The highest BCUT2D eigenvalue weighted by Gasteiger charge is 1.98. The van der Waals surface area contributed by atoms with E-state index in [1.807, 2.05) is 0 Å². The maximum atomic E-state index is 9.32. The van der Waals surface area contributed by atoms with Crippen molar-refractivity contribution in [2.45, 2.75) is 31.8 Å². The Morgan fingerprint density at radius 3 is 2.85 bits per heavy atom. The van der Waals surface area contributed by atoms with E-state index in [-0.39, 0.29) is 0 Å². The fourth-order valence-corrected chi connectivity index (χ4v) is 1.66. The Morgan fingerprint density at radius 1 is 1.62 bits per heavy atom. The van der Waals surface area contributed by atoms with E-state index in [2.05, 4.69) is 54.9 Å². The van der Waals surface area contributed by atoms with Gasteiger partial charge in [0.2, 0.25) is 0 Å². The van der Waals surface area contributed by atoms with Crippen LogP contribution in [-0.2, 0) is 0 Å². The summed E-state index contributed by atoms with van der Waals surface area (Å²) in [5, 5.41) is 12.1. The van der Waals surface area contributed by atoms with Crippen molar-refractivity contribution < 1.29 is 5.11 Å². The summed E-state index contributed by atoms with van der Waals surface area (Å²) in [4.78, 5) is 0. The standard InChI is InChI=1S/C9H12BrIOS/c1-8(10)4-2-3-5-9(12)6-7-13-11/h9,12H,1-5H2. The predicted molar refractivity (Wildman–Crippen MR) is 71.9 cm³/mol. The Labute approximate surface area is 104 Å². The highest BCUT2D eigenvalue weighted by atomic mass is 127. The van der Waals surface area contributed by atoms with E-state index in [0.29, 0.717) is 0 Å². The molecule has 0 rings (SSSR count). The van der Waals surface area contributed by atoms with E-state index in [0.717, 1.165) is 30.2 Å². The van der Waals surface area contributed by atoms with Gasteiger partial charge in [0.15, 0.2) is 0 Å². The number of unbranched alkanes of at least 4 members (excludes halogenated alkanes) is 1. The van der Waals surface area contributed by atoms with E-state index < -0.39 is 6.10 Å². The summed E-state index contributed by atoms with van der Waals surface area (Å²) >= 11 is 5.38. The second-order valence-corrected chi connectivity index (χ2v) is 5.40. The number of aliphatic hydroxyl groups is 1. The molecule has 74 valence electrons. The van der Waals surface area contributed by atoms with Crippen molar-refractivity contribution in [1.82, 2.24) is 0 Å². The fraction of sp³-hybridized carbons (Fsp3) is 0.556. The Hall–Kier alpha value is 0.820. The lowest BCUT2D eigenvalue weighted by molar-refractivity contribution is 0.218. The van der Waals surface area contributed by atoms with Gasteiger partial charge in [0.05, 0.1) is 0 Å². The minimum absolute atomic E-state index is 0.467. The summed E-state index contributed by atoms with van der Waals surface area (Å²) in [6.07, 6.45) is 3.31. The summed E-state index contributed by atoms with van der Waals surface area (Å²) in [7, 11) is 1.40. The first-order valence-corrected chi connectivity index (χ1v) is 8.11. The summed E-state index contributed by atoms with van der Waals surface area (Å²) in [6.45, 7) is 3.74. The topological polar surface area (TPSA) is 20.2 Å². The highest BCUT2D eigenvalue weighted by Crippen LogP contribution is 2.13. The van der Waals surface area contributed by atoms with Gasteiger partial charge in [-0.05, 0) is 44.4 Å². The molecule has 0 aromatic carbocycles. The minimum atomic E-state index is -0.467. The lowest BCUT2D eigenvalue weighted by atomic mass is 10.1. The first-order valence-electron chi connectivity index (χ1n) is 3.96. The summed E-state index contributed by atoms with van der Waals surface area (Å²) in [6, 6.07) is 0. The minimum Gasteiger partial charge on any atom is -0.380 e. The molecule has 0 aliphatic rings. The van der Waals surface area contributed by atoms with Gasteiger partial charge in [0.25, 0.3) is 0 Å². The van der Waals surface area contributed by atoms with Crippen molar-refractivity contribution in [1.29, 1.82) is 0 Å². The molecule has 4 heteroatoms. The van der Waals surface area contributed by atoms with E-state index in [4.69, 9.17) is 0 Å². The molecular weight excluding hydrogens is 363 g/mol. The number of halogens is 2. The van der Waals surface area contributed by atoms with Crippen molar-refractivity contribution in [2.75, 3.05) is 0 Å². The first-order chi connectivity index (χ1) is 6.16. The van der Waals surface area contributed by atoms with Crippen molar-refractivity contribution in [3.63, 3.8) is 0 Å². The van der Waals surface area contributed by atoms with Crippen LogP contribution in [0.15, 0.2) is 11.1 Å². The molecule has 0 amide bonds. The SMILES string of the molecule is C=C(Br)CCCCC(O)C#CSI. The molecular formula is C9H12BrIOS. The third-order valence-corrected chi connectivity index (χ3v) is 2.69. The zero-order valence-corrected chi connectivity index (χ0v) is 11.8. The van der Waals surface area contributed by atoms with Gasteiger partial charge < -0.3 is 5.11 Å². The molecule has 0 bridgehead atoms. The van der Waals surface area contributed by atoms with Crippen LogP contribution in [0.25, 0.3) is 0 Å². The van der Waals surface area contributed by atoms with Crippen LogP contribution >= 0.6 is 46.1 Å². The normalized spacial score (nSPS) is 11.6. The Bertz CT molecular complexity index is 209. The van der Waals surface area contributed by atoms with Crippen LogP contribution in [0.2, 0.25) is 0 Å². The van der Waals surface area contributed by atoms with Crippen LogP contribution in [0.4, 0.5) is 0 Å². The lowest BCUT2D eigenvalue weighted by Crippen LogP contribution is -2.01. The predicted octanol–water partition coefficient (Wildman–Crippen LogP) is 3.86. The fourth-order valence-electron chi connectivity index (χ4n) is 0.817. The molecule has 0 heterocycles. The van der Waals surface area contributed by atoms with E-state index in [1.54, 1.807) is 0 Å². The Kier molecular flexibility index (Phi) is 9.97. The molecule has 0 aliphatic carbocycles.